The highest BCUT2D eigenvalue weighted by Gasteiger charge is 2.16. The molecule has 3 aromatic rings. The minimum absolute atomic E-state index is 0.0508. The van der Waals surface area contributed by atoms with Crippen LogP contribution in [0.2, 0.25) is 0 Å². The van der Waals surface area contributed by atoms with Crippen LogP contribution in [0.5, 0.6) is 0 Å². The van der Waals surface area contributed by atoms with Crippen LogP contribution < -0.4 is 0 Å². The number of hydrogen-bond acceptors (Lipinski definition) is 3. The average molecular weight is 340 g/mol. The fourth-order valence-electron chi connectivity index (χ4n) is 2.50. The van der Waals surface area contributed by atoms with Gasteiger partial charge in [0.05, 0.1) is 11.4 Å². The van der Waals surface area contributed by atoms with Crippen molar-refractivity contribution in [2.24, 2.45) is 0 Å². The van der Waals surface area contributed by atoms with E-state index in [2.05, 4.69) is 9.97 Å². The Bertz CT molecular complexity index is 944. The van der Waals surface area contributed by atoms with Crippen LogP contribution in [0.4, 0.5) is 8.78 Å². The molecule has 0 amide bonds. The average Bonchev–Trinajstić information content (AvgIpc) is 2.61. The fraction of sp³-hybridized carbons (Fsp3) is 0.105. The van der Waals surface area contributed by atoms with Crippen LogP contribution in [0.1, 0.15) is 34.7 Å². The molecule has 2 heterocycles. The number of halogens is 2. The lowest BCUT2D eigenvalue weighted by Crippen LogP contribution is -2.07. The van der Waals surface area contributed by atoms with Crippen LogP contribution in [0.25, 0.3) is 11.3 Å². The smallest absolute Gasteiger partial charge is 0.354 e. The highest BCUT2D eigenvalue weighted by Crippen LogP contribution is 2.26. The molecule has 0 saturated heterocycles. The largest absolute Gasteiger partial charge is 0.477 e. The van der Waals surface area contributed by atoms with E-state index in [1.807, 2.05) is 6.92 Å². The monoisotopic (exact) mass is 340 g/mol. The number of rotatable bonds is 4. The minimum Gasteiger partial charge on any atom is -0.477 e. The number of carboxylic acid groups (broad SMARTS) is 1. The summed E-state index contributed by atoms with van der Waals surface area (Å²) >= 11 is 0. The molecule has 0 fully saturated rings. The molecule has 2 aromatic heterocycles. The number of aromatic carboxylic acids is 1. The van der Waals surface area contributed by atoms with Gasteiger partial charge in [-0.2, -0.15) is 0 Å². The summed E-state index contributed by atoms with van der Waals surface area (Å²) in [7, 11) is 0. The molecule has 0 saturated carbocycles. The summed E-state index contributed by atoms with van der Waals surface area (Å²) in [6, 6.07) is 13.2. The van der Waals surface area contributed by atoms with Crippen LogP contribution in [0, 0.1) is 11.6 Å². The molecule has 6 heteroatoms. The number of pyridine rings is 2. The lowest BCUT2D eigenvalue weighted by atomic mass is 10.0. The second kappa shape index (κ2) is 6.76. The summed E-state index contributed by atoms with van der Waals surface area (Å²) in [4.78, 5) is 19.6. The maximum Gasteiger partial charge on any atom is 0.354 e. The van der Waals surface area contributed by atoms with E-state index in [1.54, 1.807) is 30.3 Å². The number of carboxylic acids is 1. The minimum atomic E-state index is -1.11. The van der Waals surface area contributed by atoms with Crippen molar-refractivity contribution < 1.29 is 18.7 Å². The molecular formula is C19H14F2N2O2. The predicted octanol–water partition coefficient (Wildman–Crippen LogP) is 4.27. The fourth-order valence-corrected chi connectivity index (χ4v) is 2.50. The Morgan fingerprint density at radius 1 is 1.00 bits per heavy atom. The van der Waals surface area contributed by atoms with E-state index in [0.29, 0.717) is 17.1 Å². The van der Waals surface area contributed by atoms with Gasteiger partial charge < -0.3 is 5.11 Å². The van der Waals surface area contributed by atoms with Crippen LogP contribution in [0.3, 0.4) is 0 Å². The standard InChI is InChI=1S/C19H14F2N2O2/c1-11(16-5-3-7-18(23-16)19(24)25)15-4-2-6-17(22-15)13-9-8-12(20)10-14(13)21/h2-11H,1H3,(H,24,25). The van der Waals surface area contributed by atoms with Gasteiger partial charge in [-0.05, 0) is 36.4 Å². The van der Waals surface area contributed by atoms with Crippen molar-refractivity contribution in [2.75, 3.05) is 0 Å². The van der Waals surface area contributed by atoms with Gasteiger partial charge >= 0.3 is 5.97 Å². The quantitative estimate of drug-likeness (QED) is 0.770. The highest BCUT2D eigenvalue weighted by atomic mass is 19.1. The maximum absolute atomic E-state index is 14.0. The summed E-state index contributed by atoms with van der Waals surface area (Å²) in [5, 5.41) is 9.06. The van der Waals surface area contributed by atoms with E-state index < -0.39 is 17.6 Å². The summed E-state index contributed by atoms with van der Waals surface area (Å²) < 4.78 is 27.1. The first-order valence-electron chi connectivity index (χ1n) is 7.58. The van der Waals surface area contributed by atoms with Gasteiger partial charge in [0.15, 0.2) is 0 Å². The molecule has 3 rings (SSSR count). The summed E-state index contributed by atoms with van der Waals surface area (Å²) in [5.41, 5.74) is 1.67. The van der Waals surface area contributed by atoms with Gasteiger partial charge in [-0.25, -0.2) is 18.6 Å². The van der Waals surface area contributed by atoms with Gasteiger partial charge in [0.2, 0.25) is 0 Å². The molecule has 1 unspecified atom stereocenters. The first-order chi connectivity index (χ1) is 12.0. The molecule has 0 aliphatic carbocycles. The van der Waals surface area contributed by atoms with Crippen molar-refractivity contribution in [2.45, 2.75) is 12.8 Å². The van der Waals surface area contributed by atoms with Crippen molar-refractivity contribution in [3.05, 3.63) is 83.3 Å². The highest BCUT2D eigenvalue weighted by molar-refractivity contribution is 5.85. The van der Waals surface area contributed by atoms with Gasteiger partial charge in [0, 0.05) is 23.2 Å². The molecule has 0 spiro atoms. The van der Waals surface area contributed by atoms with Gasteiger partial charge in [-0.3, -0.25) is 4.98 Å². The Balaban J connectivity index is 1.98. The van der Waals surface area contributed by atoms with Crippen molar-refractivity contribution >= 4 is 5.97 Å². The third kappa shape index (κ3) is 3.52. The molecule has 1 atom stereocenters. The Morgan fingerprint density at radius 3 is 2.36 bits per heavy atom. The first-order valence-corrected chi connectivity index (χ1v) is 7.58. The molecule has 4 nitrogen and oxygen atoms in total. The van der Waals surface area contributed by atoms with E-state index in [-0.39, 0.29) is 17.2 Å². The van der Waals surface area contributed by atoms with Crippen LogP contribution >= 0.6 is 0 Å². The molecule has 0 radical (unpaired) electrons. The topological polar surface area (TPSA) is 63.1 Å². The number of nitrogens with zero attached hydrogens (tertiary/aromatic N) is 2. The second-order valence-electron chi connectivity index (χ2n) is 5.55. The van der Waals surface area contributed by atoms with E-state index in [9.17, 15) is 13.6 Å². The number of carbonyl (C=O) groups is 1. The van der Waals surface area contributed by atoms with Crippen molar-refractivity contribution in [1.82, 2.24) is 9.97 Å². The molecule has 25 heavy (non-hydrogen) atoms. The summed E-state index contributed by atoms with van der Waals surface area (Å²) in [6.45, 7) is 1.83. The molecule has 0 bridgehead atoms. The molecule has 0 aliphatic rings. The zero-order chi connectivity index (χ0) is 18.0. The zero-order valence-electron chi connectivity index (χ0n) is 13.3. The van der Waals surface area contributed by atoms with Gasteiger partial charge in [0.25, 0.3) is 0 Å². The molecule has 0 aliphatic heterocycles. The SMILES string of the molecule is CC(c1cccc(C(=O)O)n1)c1cccc(-c2ccc(F)cc2F)n1. The van der Waals surface area contributed by atoms with Crippen LogP contribution in [-0.2, 0) is 0 Å². The van der Waals surface area contributed by atoms with Gasteiger partial charge in [0.1, 0.15) is 17.3 Å². The Labute approximate surface area is 142 Å². The van der Waals surface area contributed by atoms with Crippen LogP contribution in [0.15, 0.2) is 54.6 Å². The Hall–Kier alpha value is -3.15. The number of benzene rings is 1. The van der Waals surface area contributed by atoms with Gasteiger partial charge in [-0.15, -0.1) is 0 Å². The molecule has 126 valence electrons. The summed E-state index contributed by atoms with van der Waals surface area (Å²) in [5.74, 6) is -2.74. The normalized spacial score (nSPS) is 12.0. The van der Waals surface area contributed by atoms with Crippen LogP contribution in [-0.4, -0.2) is 21.0 Å². The lowest BCUT2D eigenvalue weighted by Gasteiger charge is -2.13. The van der Waals surface area contributed by atoms with Crippen molar-refractivity contribution in [1.29, 1.82) is 0 Å². The first kappa shape index (κ1) is 16.7. The molecule has 1 N–H and O–H groups in total. The zero-order valence-corrected chi connectivity index (χ0v) is 13.3. The molecule has 1 aromatic carbocycles. The lowest BCUT2D eigenvalue weighted by molar-refractivity contribution is 0.0690. The van der Waals surface area contributed by atoms with Crippen molar-refractivity contribution in [3.8, 4) is 11.3 Å². The van der Waals surface area contributed by atoms with E-state index in [1.165, 1.54) is 18.2 Å². The van der Waals surface area contributed by atoms with Gasteiger partial charge in [-0.1, -0.05) is 19.1 Å². The number of hydrogen-bond donors (Lipinski definition) is 1. The third-order valence-electron chi connectivity index (χ3n) is 3.85. The predicted molar refractivity (Wildman–Crippen MR) is 88.3 cm³/mol. The van der Waals surface area contributed by atoms with E-state index in [0.717, 1.165) is 6.07 Å². The molecular weight excluding hydrogens is 326 g/mol. The van der Waals surface area contributed by atoms with Crippen molar-refractivity contribution in [3.63, 3.8) is 0 Å². The second-order valence-corrected chi connectivity index (χ2v) is 5.55. The third-order valence-corrected chi connectivity index (χ3v) is 3.85. The Kier molecular flexibility index (Phi) is 4.52. The Morgan fingerprint density at radius 2 is 1.68 bits per heavy atom. The van der Waals surface area contributed by atoms with E-state index >= 15 is 0 Å². The summed E-state index contributed by atoms with van der Waals surface area (Å²) in [6.07, 6.45) is 0. The maximum atomic E-state index is 14.0. The van der Waals surface area contributed by atoms with E-state index in [4.69, 9.17) is 5.11 Å². The number of aromatic nitrogens is 2.